The number of hydrogen-bond acceptors (Lipinski definition) is 7. The molecule has 8 nitrogen and oxygen atoms in total. The number of ether oxygens (including phenoxy) is 2. The summed E-state index contributed by atoms with van der Waals surface area (Å²) in [6.45, 7) is 2.99. The first-order valence-electron chi connectivity index (χ1n) is 9.89. The molecule has 2 aromatic carbocycles. The maximum Gasteiger partial charge on any atom is 0.257 e. The number of amides is 2. The number of benzene rings is 2. The van der Waals surface area contributed by atoms with E-state index < -0.39 is 0 Å². The van der Waals surface area contributed by atoms with Crippen molar-refractivity contribution in [1.29, 1.82) is 0 Å². The van der Waals surface area contributed by atoms with Crippen LogP contribution in [0.25, 0.3) is 0 Å². The lowest BCUT2D eigenvalue weighted by Gasteiger charge is -2.16. The first kappa shape index (κ1) is 20.8. The minimum absolute atomic E-state index is 0.0327. The Hall–Kier alpha value is -3.46. The highest BCUT2D eigenvalue weighted by molar-refractivity contribution is 7.15. The average Bonchev–Trinajstić information content (AvgIpc) is 3.41. The molecule has 0 saturated carbocycles. The number of carbonyl (C=O) groups excluding carboxylic acids is 2. The molecule has 31 heavy (non-hydrogen) atoms. The lowest BCUT2D eigenvalue weighted by Crippen LogP contribution is -2.24. The smallest absolute Gasteiger partial charge is 0.257 e. The van der Waals surface area contributed by atoms with E-state index in [1.807, 2.05) is 31.2 Å². The third kappa shape index (κ3) is 4.66. The number of aromatic nitrogens is 2. The van der Waals surface area contributed by atoms with Gasteiger partial charge in [-0.15, -0.1) is 10.2 Å². The Morgan fingerprint density at radius 3 is 2.52 bits per heavy atom. The van der Waals surface area contributed by atoms with E-state index in [9.17, 15) is 9.59 Å². The first-order valence-corrected chi connectivity index (χ1v) is 10.7. The molecule has 1 saturated heterocycles. The van der Waals surface area contributed by atoms with E-state index >= 15 is 0 Å². The molecule has 1 aromatic heterocycles. The summed E-state index contributed by atoms with van der Waals surface area (Å²) in [5.41, 5.74) is 1.32. The molecule has 160 valence electrons. The fourth-order valence-electron chi connectivity index (χ4n) is 3.37. The summed E-state index contributed by atoms with van der Waals surface area (Å²) in [6.07, 6.45) is 0.355. The zero-order valence-corrected chi connectivity index (χ0v) is 18.0. The fourth-order valence-corrected chi connectivity index (χ4v) is 4.20. The van der Waals surface area contributed by atoms with Gasteiger partial charge in [-0.2, -0.15) is 0 Å². The molecule has 1 atom stereocenters. The summed E-state index contributed by atoms with van der Waals surface area (Å²) in [7, 11) is 1.60. The van der Waals surface area contributed by atoms with E-state index in [1.165, 1.54) is 11.3 Å². The largest absolute Gasteiger partial charge is 0.497 e. The van der Waals surface area contributed by atoms with Crippen molar-refractivity contribution >= 4 is 34.0 Å². The summed E-state index contributed by atoms with van der Waals surface area (Å²) in [4.78, 5) is 26.7. The van der Waals surface area contributed by atoms with E-state index in [0.717, 1.165) is 16.4 Å². The molecule has 1 N–H and O–H groups in total. The minimum Gasteiger partial charge on any atom is -0.497 e. The normalized spacial score (nSPS) is 15.7. The molecule has 4 rings (SSSR count). The van der Waals surface area contributed by atoms with Gasteiger partial charge < -0.3 is 14.4 Å². The van der Waals surface area contributed by atoms with Crippen molar-refractivity contribution < 1.29 is 19.1 Å². The lowest BCUT2D eigenvalue weighted by atomic mass is 10.1. The second-order valence-corrected chi connectivity index (χ2v) is 7.97. The topological polar surface area (TPSA) is 93.7 Å². The third-order valence-corrected chi connectivity index (χ3v) is 5.95. The number of anilines is 2. The minimum atomic E-state index is -0.270. The zero-order chi connectivity index (χ0) is 21.8. The van der Waals surface area contributed by atoms with Crippen molar-refractivity contribution in [1.82, 2.24) is 10.2 Å². The van der Waals surface area contributed by atoms with E-state index in [-0.39, 0.29) is 17.7 Å². The molecule has 2 heterocycles. The number of carbonyl (C=O) groups is 2. The van der Waals surface area contributed by atoms with Crippen molar-refractivity contribution in [3.63, 3.8) is 0 Å². The van der Waals surface area contributed by atoms with Crippen LogP contribution in [0.15, 0.2) is 48.5 Å². The summed E-state index contributed by atoms with van der Waals surface area (Å²) >= 11 is 1.29. The highest BCUT2D eigenvalue weighted by Gasteiger charge is 2.34. The Balaban J connectivity index is 1.40. The van der Waals surface area contributed by atoms with Gasteiger partial charge in [0.15, 0.2) is 0 Å². The van der Waals surface area contributed by atoms with Gasteiger partial charge in [0.25, 0.3) is 5.91 Å². The quantitative estimate of drug-likeness (QED) is 0.604. The van der Waals surface area contributed by atoms with Crippen LogP contribution in [0, 0.1) is 0 Å². The van der Waals surface area contributed by atoms with E-state index in [2.05, 4.69) is 15.5 Å². The van der Waals surface area contributed by atoms with Crippen LogP contribution in [-0.4, -0.2) is 42.3 Å². The van der Waals surface area contributed by atoms with Gasteiger partial charge in [0.05, 0.1) is 13.7 Å². The van der Waals surface area contributed by atoms with Gasteiger partial charge in [-0.3, -0.25) is 14.9 Å². The van der Waals surface area contributed by atoms with Crippen LogP contribution in [0.2, 0.25) is 0 Å². The van der Waals surface area contributed by atoms with Crippen LogP contribution in [0.5, 0.6) is 11.5 Å². The molecule has 1 aliphatic rings. The molecule has 2 amide bonds. The highest BCUT2D eigenvalue weighted by atomic mass is 32.1. The summed E-state index contributed by atoms with van der Waals surface area (Å²) in [6, 6.07) is 14.3. The first-order chi connectivity index (χ1) is 15.1. The van der Waals surface area contributed by atoms with Gasteiger partial charge >= 0.3 is 0 Å². The van der Waals surface area contributed by atoms with Crippen molar-refractivity contribution in [3.8, 4) is 11.5 Å². The van der Waals surface area contributed by atoms with Crippen LogP contribution in [0.4, 0.5) is 10.8 Å². The summed E-state index contributed by atoms with van der Waals surface area (Å²) in [5, 5.41) is 12.2. The number of nitrogens with one attached hydrogen (secondary N) is 1. The second kappa shape index (κ2) is 9.13. The molecule has 1 fully saturated rings. The maximum absolute atomic E-state index is 12.5. The molecular weight excluding hydrogens is 416 g/mol. The van der Waals surface area contributed by atoms with Gasteiger partial charge in [0.1, 0.15) is 16.5 Å². The number of hydrogen-bond donors (Lipinski definition) is 1. The molecule has 9 heteroatoms. The number of rotatable bonds is 7. The van der Waals surface area contributed by atoms with Crippen molar-refractivity contribution in [3.05, 3.63) is 59.1 Å². The summed E-state index contributed by atoms with van der Waals surface area (Å²) < 4.78 is 10.6. The molecule has 1 unspecified atom stereocenters. The van der Waals surface area contributed by atoms with Crippen LogP contribution in [0.3, 0.4) is 0 Å². The van der Waals surface area contributed by atoms with E-state index in [0.29, 0.717) is 36.0 Å². The van der Waals surface area contributed by atoms with Gasteiger partial charge in [-0.05, 0) is 55.5 Å². The van der Waals surface area contributed by atoms with E-state index in [1.54, 1.807) is 36.3 Å². The van der Waals surface area contributed by atoms with Crippen LogP contribution in [-0.2, 0) is 4.79 Å². The lowest BCUT2D eigenvalue weighted by molar-refractivity contribution is -0.117. The Morgan fingerprint density at radius 1 is 1.13 bits per heavy atom. The number of methoxy groups -OCH3 is 1. The second-order valence-electron chi connectivity index (χ2n) is 6.96. The molecule has 0 spiro atoms. The number of nitrogens with zero attached hydrogens (tertiary/aromatic N) is 3. The monoisotopic (exact) mass is 438 g/mol. The molecular formula is C22H22N4O4S. The zero-order valence-electron chi connectivity index (χ0n) is 17.2. The van der Waals surface area contributed by atoms with Crippen molar-refractivity contribution in [2.75, 3.05) is 30.5 Å². The van der Waals surface area contributed by atoms with E-state index in [4.69, 9.17) is 9.47 Å². The highest BCUT2D eigenvalue weighted by Crippen LogP contribution is 2.34. The van der Waals surface area contributed by atoms with Crippen LogP contribution >= 0.6 is 11.3 Å². The predicted molar refractivity (Wildman–Crippen MR) is 118 cm³/mol. The average molecular weight is 439 g/mol. The van der Waals surface area contributed by atoms with Gasteiger partial charge in [-0.25, -0.2) is 0 Å². The Morgan fingerprint density at radius 2 is 1.84 bits per heavy atom. The Labute approximate surface area is 183 Å². The van der Waals surface area contributed by atoms with Gasteiger partial charge in [-0.1, -0.05) is 11.3 Å². The molecule has 0 radical (unpaired) electrons. The maximum atomic E-state index is 12.5. The Bertz CT molecular complexity index is 1070. The molecule has 0 bridgehead atoms. The van der Waals surface area contributed by atoms with Gasteiger partial charge in [0.2, 0.25) is 11.0 Å². The SMILES string of the molecule is CCOc1ccc(C(=O)Nc2nnc(C3CC(=O)N(c4ccc(OC)cc4)C3)s2)cc1. The van der Waals surface area contributed by atoms with Crippen LogP contribution in [0.1, 0.15) is 34.6 Å². The van der Waals surface area contributed by atoms with Crippen LogP contribution < -0.4 is 19.7 Å². The van der Waals surface area contributed by atoms with Crippen molar-refractivity contribution in [2.45, 2.75) is 19.3 Å². The van der Waals surface area contributed by atoms with Gasteiger partial charge in [0, 0.05) is 30.1 Å². The van der Waals surface area contributed by atoms with Crippen molar-refractivity contribution in [2.24, 2.45) is 0 Å². The molecule has 3 aromatic rings. The standard InChI is InChI=1S/C22H22N4O4S/c1-3-30-18-8-4-14(5-9-18)20(28)23-22-25-24-21(31-22)15-12-19(27)26(13-15)16-6-10-17(29-2)11-7-16/h4-11,15H,3,12-13H2,1-2H3,(H,23,25,28). The molecule has 1 aliphatic heterocycles. The fraction of sp³-hybridized carbons (Fsp3) is 0.273. The summed E-state index contributed by atoms with van der Waals surface area (Å²) in [5.74, 6) is 1.15. The third-order valence-electron chi connectivity index (χ3n) is 4.95. The predicted octanol–water partition coefficient (Wildman–Crippen LogP) is 3.72. The Kier molecular flexibility index (Phi) is 6.13. The molecule has 0 aliphatic carbocycles.